The Balaban J connectivity index is 1.73. The number of rotatable bonds is 7. The van der Waals surface area contributed by atoms with Gasteiger partial charge in [-0.3, -0.25) is 14.4 Å². The molecule has 0 fully saturated rings. The molecule has 0 spiro atoms. The van der Waals surface area contributed by atoms with Crippen molar-refractivity contribution in [1.82, 2.24) is 4.98 Å². The number of aromatic nitrogens is 1. The van der Waals surface area contributed by atoms with E-state index in [1.165, 1.54) is 6.92 Å². The molecular weight excluding hydrogens is 396 g/mol. The summed E-state index contributed by atoms with van der Waals surface area (Å²) in [4.78, 5) is 43.2. The predicted molar refractivity (Wildman–Crippen MR) is 118 cm³/mol. The van der Waals surface area contributed by atoms with Gasteiger partial charge in [-0.2, -0.15) is 0 Å². The van der Waals surface area contributed by atoms with Crippen LogP contribution in [0.5, 0.6) is 0 Å². The highest BCUT2D eigenvalue weighted by Gasteiger charge is 2.44. The molecule has 1 amide bonds. The van der Waals surface area contributed by atoms with Gasteiger partial charge in [0.2, 0.25) is 5.91 Å². The van der Waals surface area contributed by atoms with Gasteiger partial charge in [-0.15, -0.1) is 0 Å². The average Bonchev–Trinajstić information content (AvgIpc) is 3.10. The number of fused-ring (bicyclic) bond motifs is 4. The number of ether oxygens (including phenoxy) is 2. The first-order chi connectivity index (χ1) is 14.8. The maximum atomic E-state index is 13.2. The van der Waals surface area contributed by atoms with Crippen LogP contribution in [0.2, 0.25) is 0 Å². The minimum absolute atomic E-state index is 0.0457. The molecule has 7 nitrogen and oxygen atoms in total. The number of nitrogens with zero attached hydrogens (tertiary/aromatic N) is 1. The molecule has 0 radical (unpaired) electrons. The smallest absolute Gasteiger partial charge is 0.237 e. The van der Waals surface area contributed by atoms with Crippen molar-refractivity contribution in [3.05, 3.63) is 29.0 Å². The van der Waals surface area contributed by atoms with Crippen LogP contribution in [0.4, 0.5) is 5.69 Å². The molecule has 1 N–H and O–H groups in total. The van der Waals surface area contributed by atoms with Crippen LogP contribution in [-0.2, 0) is 30.9 Å². The van der Waals surface area contributed by atoms with Gasteiger partial charge in [0, 0.05) is 30.2 Å². The summed E-state index contributed by atoms with van der Waals surface area (Å²) < 4.78 is 10.6. The molecular formula is C24H30N2O5. The Kier molecular flexibility index (Phi) is 5.75. The van der Waals surface area contributed by atoms with Crippen molar-refractivity contribution < 1.29 is 23.9 Å². The number of hydrogen-bond donors (Lipinski definition) is 1. The number of H-pyrrole nitrogens is 1. The van der Waals surface area contributed by atoms with Gasteiger partial charge in [-0.25, -0.2) is 0 Å². The maximum absolute atomic E-state index is 13.2. The lowest BCUT2D eigenvalue weighted by Crippen LogP contribution is -2.38. The molecule has 1 aliphatic carbocycles. The Labute approximate surface area is 182 Å². The van der Waals surface area contributed by atoms with Crippen molar-refractivity contribution in [2.45, 2.75) is 45.4 Å². The Bertz CT molecular complexity index is 1050. The van der Waals surface area contributed by atoms with Gasteiger partial charge in [0.05, 0.1) is 36.8 Å². The summed E-state index contributed by atoms with van der Waals surface area (Å²) in [6.45, 7) is 7.23. The number of carbonyl (C=O) groups is 3. The van der Waals surface area contributed by atoms with Gasteiger partial charge in [0.15, 0.2) is 5.78 Å². The van der Waals surface area contributed by atoms with E-state index < -0.39 is 11.3 Å². The number of benzene rings is 1. The lowest BCUT2D eigenvalue weighted by atomic mass is 9.85. The van der Waals surface area contributed by atoms with Gasteiger partial charge < -0.3 is 19.4 Å². The first-order valence-electron chi connectivity index (χ1n) is 10.9. The highest BCUT2D eigenvalue weighted by molar-refractivity contribution is 6.14. The third kappa shape index (κ3) is 3.59. The minimum atomic E-state index is -0.662. The summed E-state index contributed by atoms with van der Waals surface area (Å²) >= 11 is 0. The second kappa shape index (κ2) is 8.20. The standard InChI is InChI=1S/C24H30N2O5/c1-14(27)15-6-5-7-16-17-12-20-18(13-19(17)25-21(16)22(15)28)24(2,3)23(29)26(20)8-9-31-11-10-30-4/h12-13,15,25H,5-11H2,1-4H3. The summed E-state index contributed by atoms with van der Waals surface area (Å²) in [5.74, 6) is -0.718. The predicted octanol–water partition coefficient (Wildman–Crippen LogP) is 3.18. The molecule has 0 saturated carbocycles. The summed E-state index contributed by atoms with van der Waals surface area (Å²) in [5, 5.41) is 0.960. The molecule has 2 aromatic rings. The zero-order valence-corrected chi connectivity index (χ0v) is 18.7. The number of methoxy groups -OCH3 is 1. The molecule has 2 aliphatic rings. The number of ketones is 2. The topological polar surface area (TPSA) is 88.7 Å². The van der Waals surface area contributed by atoms with Crippen LogP contribution in [0.3, 0.4) is 0 Å². The highest BCUT2D eigenvalue weighted by Crippen LogP contribution is 2.45. The number of nitrogens with one attached hydrogen (secondary N) is 1. The van der Waals surface area contributed by atoms with Crippen LogP contribution in [-0.4, -0.2) is 55.9 Å². The van der Waals surface area contributed by atoms with Crippen molar-refractivity contribution in [3.8, 4) is 0 Å². The van der Waals surface area contributed by atoms with Crippen molar-refractivity contribution >= 4 is 34.1 Å². The van der Waals surface area contributed by atoms with E-state index in [0.29, 0.717) is 38.5 Å². The maximum Gasteiger partial charge on any atom is 0.237 e. The fourth-order valence-electron chi connectivity index (χ4n) is 4.84. The fourth-order valence-corrected chi connectivity index (χ4v) is 4.84. The van der Waals surface area contributed by atoms with Gasteiger partial charge in [0.25, 0.3) is 0 Å². The summed E-state index contributed by atoms with van der Waals surface area (Å²) in [6.07, 6.45) is 2.11. The number of aromatic amines is 1. The molecule has 1 aromatic carbocycles. The van der Waals surface area contributed by atoms with Crippen LogP contribution < -0.4 is 4.90 Å². The van der Waals surface area contributed by atoms with E-state index in [1.54, 1.807) is 12.0 Å². The third-order valence-corrected chi connectivity index (χ3v) is 6.63. The van der Waals surface area contributed by atoms with Crippen molar-refractivity contribution in [2.24, 2.45) is 5.92 Å². The summed E-state index contributed by atoms with van der Waals surface area (Å²) in [5.41, 5.74) is 3.51. The monoisotopic (exact) mass is 426 g/mol. The van der Waals surface area contributed by atoms with Crippen molar-refractivity contribution in [3.63, 3.8) is 0 Å². The van der Waals surface area contributed by atoms with E-state index in [0.717, 1.165) is 40.6 Å². The Morgan fingerprint density at radius 2 is 2.00 bits per heavy atom. The van der Waals surface area contributed by atoms with Gasteiger partial charge in [-0.1, -0.05) is 0 Å². The highest BCUT2D eigenvalue weighted by atomic mass is 16.5. The second-order valence-corrected chi connectivity index (χ2v) is 9.00. The second-order valence-electron chi connectivity index (χ2n) is 9.00. The molecule has 7 heteroatoms. The van der Waals surface area contributed by atoms with E-state index in [9.17, 15) is 14.4 Å². The molecule has 31 heavy (non-hydrogen) atoms. The Morgan fingerprint density at radius 1 is 1.23 bits per heavy atom. The van der Waals surface area contributed by atoms with Crippen LogP contribution in [0, 0.1) is 5.92 Å². The number of hydrogen-bond acceptors (Lipinski definition) is 5. The molecule has 0 saturated heterocycles. The molecule has 2 heterocycles. The minimum Gasteiger partial charge on any atom is -0.382 e. The van der Waals surface area contributed by atoms with E-state index in [4.69, 9.17) is 9.47 Å². The number of carbonyl (C=O) groups excluding carboxylic acids is 3. The first kappa shape index (κ1) is 21.7. The molecule has 1 unspecified atom stereocenters. The fraction of sp³-hybridized carbons (Fsp3) is 0.542. The van der Waals surface area contributed by atoms with Crippen LogP contribution >= 0.6 is 0 Å². The number of anilines is 1. The Hall–Kier alpha value is -2.51. The lowest BCUT2D eigenvalue weighted by Gasteiger charge is -2.20. The Morgan fingerprint density at radius 3 is 2.71 bits per heavy atom. The number of amides is 1. The van der Waals surface area contributed by atoms with Crippen LogP contribution in [0.1, 0.15) is 55.2 Å². The van der Waals surface area contributed by atoms with Crippen LogP contribution in [0.15, 0.2) is 12.1 Å². The molecule has 0 bridgehead atoms. The van der Waals surface area contributed by atoms with Crippen LogP contribution in [0.25, 0.3) is 10.9 Å². The normalized spacial score (nSPS) is 20.1. The van der Waals surface area contributed by atoms with Gasteiger partial charge in [-0.05, 0) is 63.3 Å². The number of Topliss-reactive ketones (excluding diaryl/α,β-unsaturated/α-hetero) is 2. The van der Waals surface area contributed by atoms with Crippen molar-refractivity contribution in [1.29, 1.82) is 0 Å². The van der Waals surface area contributed by atoms with Gasteiger partial charge in [0.1, 0.15) is 5.78 Å². The number of aryl methyl sites for hydroxylation is 1. The molecule has 4 rings (SSSR count). The first-order valence-corrected chi connectivity index (χ1v) is 10.9. The summed E-state index contributed by atoms with van der Waals surface area (Å²) in [7, 11) is 1.63. The van der Waals surface area contributed by atoms with Gasteiger partial charge >= 0.3 is 0 Å². The lowest BCUT2D eigenvalue weighted by molar-refractivity contribution is -0.122. The zero-order chi connectivity index (χ0) is 22.3. The summed E-state index contributed by atoms with van der Waals surface area (Å²) in [6, 6.07) is 4.03. The molecule has 1 atom stereocenters. The van der Waals surface area contributed by atoms with Crippen molar-refractivity contribution in [2.75, 3.05) is 38.4 Å². The van der Waals surface area contributed by atoms with E-state index in [-0.39, 0.29) is 17.5 Å². The van der Waals surface area contributed by atoms with E-state index >= 15 is 0 Å². The van der Waals surface area contributed by atoms with E-state index in [1.807, 2.05) is 26.0 Å². The molecule has 166 valence electrons. The van der Waals surface area contributed by atoms with E-state index in [2.05, 4.69) is 4.98 Å². The average molecular weight is 427 g/mol. The quantitative estimate of drug-likeness (QED) is 0.417. The third-order valence-electron chi connectivity index (χ3n) is 6.63. The largest absolute Gasteiger partial charge is 0.382 e. The molecule has 1 aliphatic heterocycles. The zero-order valence-electron chi connectivity index (χ0n) is 18.7. The molecule has 1 aromatic heterocycles. The SMILES string of the molecule is COCCOCCN1C(=O)C(C)(C)c2cc3[nH]c4c(c3cc21)CCCC(C(C)=O)C4=O.